The van der Waals surface area contributed by atoms with E-state index in [0.29, 0.717) is 5.52 Å². The number of primary amides is 1. The van der Waals surface area contributed by atoms with Gasteiger partial charge in [0.05, 0.1) is 5.52 Å². The van der Waals surface area contributed by atoms with Gasteiger partial charge in [-0.15, -0.1) is 0 Å². The molecule has 1 amide bonds. The number of hydrogen-bond acceptors (Lipinski definition) is 3. The Labute approximate surface area is 161 Å². The second-order valence-corrected chi connectivity index (χ2v) is 6.60. The fraction of sp³-hybridized carbons (Fsp3) is 0.0870. The number of pyridine rings is 2. The maximum Gasteiger partial charge on any atom is 0.267 e. The van der Waals surface area contributed by atoms with E-state index in [9.17, 15) is 9.18 Å². The first kappa shape index (κ1) is 17.8. The monoisotopic (exact) mass is 371 g/mol. The highest BCUT2D eigenvalue weighted by molar-refractivity contribution is 6.00. The zero-order chi connectivity index (χ0) is 19.5. The number of aryl methyl sites for hydroxylation is 2. The summed E-state index contributed by atoms with van der Waals surface area (Å²) in [5.74, 6) is -0.904. The first-order chi connectivity index (χ1) is 13.6. The Kier molecular flexibility index (Phi) is 4.81. The smallest absolute Gasteiger partial charge is 0.267 e. The van der Waals surface area contributed by atoms with E-state index in [-0.39, 0.29) is 11.5 Å². The minimum absolute atomic E-state index is 0.189. The van der Waals surface area contributed by atoms with E-state index >= 15 is 0 Å². The number of amides is 1. The summed E-state index contributed by atoms with van der Waals surface area (Å²) in [5, 5.41) is 0.887. The number of nitrogens with zero attached hydrogens (tertiary/aromatic N) is 2. The molecule has 0 saturated carbocycles. The van der Waals surface area contributed by atoms with E-state index in [1.165, 1.54) is 12.1 Å². The van der Waals surface area contributed by atoms with Crippen molar-refractivity contribution in [3.05, 3.63) is 95.7 Å². The molecule has 0 aliphatic heterocycles. The molecule has 0 saturated heterocycles. The van der Waals surface area contributed by atoms with Crippen LogP contribution in [0, 0.1) is 5.82 Å². The van der Waals surface area contributed by atoms with Crippen LogP contribution in [0.3, 0.4) is 0 Å². The Hall–Kier alpha value is -3.60. The Bertz CT molecular complexity index is 1140. The number of nitrogens with two attached hydrogens (primary N) is 1. The average molecular weight is 371 g/mol. The third kappa shape index (κ3) is 3.74. The molecule has 28 heavy (non-hydrogen) atoms. The van der Waals surface area contributed by atoms with Crippen molar-refractivity contribution in [1.82, 2.24) is 9.97 Å². The molecule has 0 atom stereocenters. The molecule has 0 unspecified atom stereocenters. The molecule has 0 radical (unpaired) electrons. The molecule has 4 rings (SSSR count). The molecule has 5 heteroatoms. The van der Waals surface area contributed by atoms with Crippen LogP contribution in [0.4, 0.5) is 4.39 Å². The minimum Gasteiger partial charge on any atom is -0.364 e. The molecule has 2 aromatic heterocycles. The van der Waals surface area contributed by atoms with Crippen LogP contribution in [-0.4, -0.2) is 15.9 Å². The van der Waals surface area contributed by atoms with Crippen LogP contribution in [0.25, 0.3) is 22.0 Å². The molecule has 138 valence electrons. The van der Waals surface area contributed by atoms with Crippen LogP contribution in [0.2, 0.25) is 0 Å². The van der Waals surface area contributed by atoms with Crippen molar-refractivity contribution in [2.45, 2.75) is 12.8 Å². The van der Waals surface area contributed by atoms with Crippen LogP contribution in [0.15, 0.2) is 72.9 Å². The van der Waals surface area contributed by atoms with Gasteiger partial charge in [-0.25, -0.2) is 9.37 Å². The van der Waals surface area contributed by atoms with Gasteiger partial charge in [-0.3, -0.25) is 9.78 Å². The third-order valence-electron chi connectivity index (χ3n) is 4.68. The van der Waals surface area contributed by atoms with Gasteiger partial charge in [0, 0.05) is 17.3 Å². The fourth-order valence-corrected chi connectivity index (χ4v) is 3.24. The van der Waals surface area contributed by atoms with Crippen molar-refractivity contribution in [3.8, 4) is 11.1 Å². The fourth-order valence-electron chi connectivity index (χ4n) is 3.24. The predicted octanol–water partition coefficient (Wildman–Crippen LogP) is 4.32. The Morgan fingerprint density at radius 3 is 2.50 bits per heavy atom. The van der Waals surface area contributed by atoms with Crippen LogP contribution in [-0.2, 0) is 12.8 Å². The van der Waals surface area contributed by atoms with Crippen LogP contribution >= 0.6 is 0 Å². The molecule has 0 bridgehead atoms. The summed E-state index contributed by atoms with van der Waals surface area (Å²) >= 11 is 0. The highest BCUT2D eigenvalue weighted by Crippen LogP contribution is 2.29. The molecule has 0 aliphatic carbocycles. The molecule has 0 spiro atoms. The molecule has 0 aliphatic rings. The van der Waals surface area contributed by atoms with Crippen molar-refractivity contribution in [2.75, 3.05) is 0 Å². The van der Waals surface area contributed by atoms with Crippen molar-refractivity contribution in [1.29, 1.82) is 0 Å². The normalized spacial score (nSPS) is 10.9. The van der Waals surface area contributed by atoms with Crippen molar-refractivity contribution in [2.24, 2.45) is 5.73 Å². The first-order valence-electron chi connectivity index (χ1n) is 8.99. The second kappa shape index (κ2) is 7.56. The van der Waals surface area contributed by atoms with E-state index < -0.39 is 5.91 Å². The third-order valence-corrected chi connectivity index (χ3v) is 4.68. The van der Waals surface area contributed by atoms with Gasteiger partial charge in [-0.2, -0.15) is 0 Å². The lowest BCUT2D eigenvalue weighted by atomic mass is 9.97. The van der Waals surface area contributed by atoms with Gasteiger partial charge >= 0.3 is 0 Å². The predicted molar refractivity (Wildman–Crippen MR) is 107 cm³/mol. The summed E-state index contributed by atoms with van der Waals surface area (Å²) in [6, 6.07) is 19.7. The average Bonchev–Trinajstić information content (AvgIpc) is 2.72. The molecule has 2 heterocycles. The van der Waals surface area contributed by atoms with Gasteiger partial charge in [0.1, 0.15) is 11.5 Å². The largest absolute Gasteiger partial charge is 0.364 e. The van der Waals surface area contributed by atoms with Gasteiger partial charge in [0.2, 0.25) is 0 Å². The van der Waals surface area contributed by atoms with Gasteiger partial charge < -0.3 is 5.73 Å². The van der Waals surface area contributed by atoms with E-state index in [1.54, 1.807) is 24.4 Å². The summed E-state index contributed by atoms with van der Waals surface area (Å²) in [6.45, 7) is 0. The lowest BCUT2D eigenvalue weighted by Crippen LogP contribution is -2.13. The number of halogens is 1. The summed E-state index contributed by atoms with van der Waals surface area (Å²) < 4.78 is 13.3. The molecular weight excluding hydrogens is 353 g/mol. The maximum absolute atomic E-state index is 13.3. The van der Waals surface area contributed by atoms with Crippen molar-refractivity contribution >= 4 is 16.8 Å². The highest BCUT2D eigenvalue weighted by atomic mass is 19.1. The van der Waals surface area contributed by atoms with Crippen LogP contribution < -0.4 is 5.73 Å². The number of hydrogen-bond donors (Lipinski definition) is 1. The summed E-state index contributed by atoms with van der Waals surface area (Å²) in [5.41, 5.74) is 10.1. The Morgan fingerprint density at radius 1 is 0.964 bits per heavy atom. The Balaban J connectivity index is 1.75. The van der Waals surface area contributed by atoms with E-state index in [4.69, 9.17) is 5.73 Å². The maximum atomic E-state index is 13.3. The van der Waals surface area contributed by atoms with E-state index in [2.05, 4.69) is 9.97 Å². The van der Waals surface area contributed by atoms with Gasteiger partial charge in [0.25, 0.3) is 5.91 Å². The lowest BCUT2D eigenvalue weighted by molar-refractivity contribution is 0.0996. The van der Waals surface area contributed by atoms with Crippen molar-refractivity contribution in [3.63, 3.8) is 0 Å². The molecule has 2 N–H and O–H groups in total. The first-order valence-corrected chi connectivity index (χ1v) is 8.99. The molecular formula is C23H18FN3O. The van der Waals surface area contributed by atoms with Gasteiger partial charge in [-0.1, -0.05) is 30.3 Å². The number of rotatable bonds is 5. The van der Waals surface area contributed by atoms with E-state index in [1.807, 2.05) is 36.4 Å². The van der Waals surface area contributed by atoms with Gasteiger partial charge in [-0.05, 0) is 65.9 Å². The van der Waals surface area contributed by atoms with Crippen LogP contribution in [0.5, 0.6) is 0 Å². The number of carbonyl (C=O) groups excluding carboxylic acids is 1. The lowest BCUT2D eigenvalue weighted by Gasteiger charge is -2.10. The summed E-state index contributed by atoms with van der Waals surface area (Å²) in [7, 11) is 0. The van der Waals surface area contributed by atoms with Crippen molar-refractivity contribution < 1.29 is 9.18 Å². The number of benzene rings is 2. The minimum atomic E-state index is -0.593. The number of fused-ring (bicyclic) bond motifs is 1. The summed E-state index contributed by atoms with van der Waals surface area (Å²) in [6.07, 6.45) is 3.40. The molecule has 2 aromatic carbocycles. The number of aromatic nitrogens is 2. The zero-order valence-electron chi connectivity index (χ0n) is 15.1. The molecule has 4 aromatic rings. The van der Waals surface area contributed by atoms with E-state index in [0.717, 1.165) is 40.6 Å². The standard InChI is InChI=1S/C23H18FN3O/c24-17-8-6-16(7-9-17)20-14-22(23(25)28)27-21-13-15(5-11-19(20)21)4-10-18-3-1-2-12-26-18/h1-3,5-9,11-14H,4,10H2,(H2,25,28). The molecule has 4 nitrogen and oxygen atoms in total. The van der Waals surface area contributed by atoms with Gasteiger partial charge in [0.15, 0.2) is 0 Å². The zero-order valence-corrected chi connectivity index (χ0v) is 15.1. The quantitative estimate of drug-likeness (QED) is 0.568. The number of carbonyl (C=O) groups is 1. The molecule has 0 fully saturated rings. The highest BCUT2D eigenvalue weighted by Gasteiger charge is 2.12. The second-order valence-electron chi connectivity index (χ2n) is 6.60. The summed E-state index contributed by atoms with van der Waals surface area (Å²) in [4.78, 5) is 20.5. The topological polar surface area (TPSA) is 68.9 Å². The Morgan fingerprint density at radius 2 is 1.79 bits per heavy atom. The van der Waals surface area contributed by atoms with Crippen LogP contribution in [0.1, 0.15) is 21.7 Å². The SMILES string of the molecule is NC(=O)c1cc(-c2ccc(F)cc2)c2ccc(CCc3ccccn3)cc2n1.